The first-order valence-corrected chi connectivity index (χ1v) is 10.2. The van der Waals surface area contributed by atoms with E-state index in [2.05, 4.69) is 20.6 Å². The van der Waals surface area contributed by atoms with Gasteiger partial charge in [0, 0.05) is 38.9 Å². The first kappa shape index (κ1) is 21.4. The van der Waals surface area contributed by atoms with Crippen LogP contribution in [0.5, 0.6) is 11.5 Å². The molecular weight excluding hydrogens is 390 g/mol. The van der Waals surface area contributed by atoms with Gasteiger partial charge in [-0.3, -0.25) is 9.58 Å². The van der Waals surface area contributed by atoms with Crippen molar-refractivity contribution in [1.29, 1.82) is 0 Å². The maximum Gasteiger partial charge on any atom is 0.170 e. The second kappa shape index (κ2) is 11.0. The molecule has 0 unspecified atom stereocenters. The van der Waals surface area contributed by atoms with E-state index < -0.39 is 0 Å². The lowest BCUT2D eigenvalue weighted by molar-refractivity contribution is 0.0389. The molecule has 2 aromatic rings. The average molecular weight is 420 g/mol. The fourth-order valence-corrected chi connectivity index (χ4v) is 3.38. The van der Waals surface area contributed by atoms with Crippen molar-refractivity contribution >= 4 is 23.0 Å². The predicted octanol–water partition coefficient (Wildman–Crippen LogP) is 1.76. The van der Waals surface area contributed by atoms with E-state index in [1.165, 1.54) is 0 Å². The summed E-state index contributed by atoms with van der Waals surface area (Å²) in [6.45, 7) is 6.10. The number of ether oxygens (including phenoxy) is 3. The zero-order valence-electron chi connectivity index (χ0n) is 17.0. The van der Waals surface area contributed by atoms with Gasteiger partial charge >= 0.3 is 0 Å². The highest BCUT2D eigenvalue weighted by atomic mass is 32.1. The topological polar surface area (TPSA) is 72.8 Å². The molecule has 158 valence electrons. The van der Waals surface area contributed by atoms with Crippen molar-refractivity contribution < 1.29 is 14.2 Å². The zero-order valence-corrected chi connectivity index (χ0v) is 17.8. The molecule has 1 aromatic carbocycles. The third-order valence-corrected chi connectivity index (χ3v) is 5.03. The highest BCUT2D eigenvalue weighted by Gasteiger charge is 2.10. The molecule has 1 aliphatic rings. The van der Waals surface area contributed by atoms with Crippen molar-refractivity contribution in [2.45, 2.75) is 13.0 Å². The molecule has 0 aliphatic carbocycles. The van der Waals surface area contributed by atoms with Crippen LogP contribution in [0.2, 0.25) is 0 Å². The van der Waals surface area contributed by atoms with Gasteiger partial charge in [0.2, 0.25) is 0 Å². The minimum Gasteiger partial charge on any atom is -0.493 e. The molecule has 29 heavy (non-hydrogen) atoms. The van der Waals surface area contributed by atoms with E-state index >= 15 is 0 Å². The molecule has 3 rings (SSSR count). The van der Waals surface area contributed by atoms with Gasteiger partial charge in [-0.25, -0.2) is 0 Å². The molecule has 0 radical (unpaired) electrons. The first-order chi connectivity index (χ1) is 14.2. The smallest absolute Gasteiger partial charge is 0.170 e. The number of rotatable bonds is 9. The van der Waals surface area contributed by atoms with Gasteiger partial charge in [-0.1, -0.05) is 6.07 Å². The van der Waals surface area contributed by atoms with Gasteiger partial charge in [-0.15, -0.1) is 0 Å². The van der Waals surface area contributed by atoms with E-state index in [1.807, 2.05) is 29.1 Å². The number of morpholine rings is 1. The summed E-state index contributed by atoms with van der Waals surface area (Å²) >= 11 is 5.38. The van der Waals surface area contributed by atoms with Gasteiger partial charge in [0.05, 0.1) is 39.3 Å². The van der Waals surface area contributed by atoms with Crippen LogP contribution < -0.4 is 20.1 Å². The second-order valence-electron chi connectivity index (χ2n) is 6.77. The summed E-state index contributed by atoms with van der Waals surface area (Å²) in [6, 6.07) is 5.96. The lowest BCUT2D eigenvalue weighted by Gasteiger charge is -2.26. The number of thiocarbonyl (C=S) groups is 1. The van der Waals surface area contributed by atoms with Crippen molar-refractivity contribution in [2.75, 3.05) is 58.9 Å². The number of aryl methyl sites for hydroxylation is 2. The van der Waals surface area contributed by atoms with Gasteiger partial charge in [-0.05, 0) is 36.3 Å². The number of nitrogens with one attached hydrogen (secondary N) is 2. The molecule has 1 fully saturated rings. The summed E-state index contributed by atoms with van der Waals surface area (Å²) in [5.41, 5.74) is 2.04. The van der Waals surface area contributed by atoms with Crippen LogP contribution in [0.25, 0.3) is 0 Å². The van der Waals surface area contributed by atoms with Crippen molar-refractivity contribution in [3.63, 3.8) is 0 Å². The Morgan fingerprint density at radius 1 is 1.17 bits per heavy atom. The zero-order chi connectivity index (χ0) is 20.5. The van der Waals surface area contributed by atoms with Crippen molar-refractivity contribution in [2.24, 2.45) is 0 Å². The van der Waals surface area contributed by atoms with Crippen molar-refractivity contribution in [3.8, 4) is 11.5 Å². The number of nitrogens with zero attached hydrogens (tertiary/aromatic N) is 3. The summed E-state index contributed by atoms with van der Waals surface area (Å²) in [5, 5.41) is 11.4. The van der Waals surface area contributed by atoms with E-state index in [1.54, 1.807) is 20.4 Å². The molecule has 2 heterocycles. The Balaban J connectivity index is 1.41. The first-order valence-electron chi connectivity index (χ1n) is 9.76. The van der Waals surface area contributed by atoms with Crippen LogP contribution in [0.3, 0.4) is 0 Å². The number of hydrogen-bond acceptors (Lipinski definition) is 6. The van der Waals surface area contributed by atoms with Gasteiger partial charge < -0.3 is 24.8 Å². The molecule has 1 aliphatic heterocycles. The molecular formula is C20H29N5O3S. The monoisotopic (exact) mass is 419 g/mol. The lowest BCUT2D eigenvalue weighted by Crippen LogP contribution is -2.42. The predicted molar refractivity (Wildman–Crippen MR) is 117 cm³/mol. The summed E-state index contributed by atoms with van der Waals surface area (Å²) in [4.78, 5) is 2.37. The Morgan fingerprint density at radius 2 is 1.97 bits per heavy atom. The van der Waals surface area contributed by atoms with Gasteiger partial charge in [0.25, 0.3) is 0 Å². The lowest BCUT2D eigenvalue weighted by atomic mass is 10.1. The maximum absolute atomic E-state index is 5.38. The largest absolute Gasteiger partial charge is 0.493 e. The van der Waals surface area contributed by atoms with Crippen LogP contribution >= 0.6 is 12.2 Å². The Kier molecular flexibility index (Phi) is 8.09. The maximum atomic E-state index is 5.38. The van der Waals surface area contributed by atoms with Crippen LogP contribution in [-0.2, 0) is 17.7 Å². The van der Waals surface area contributed by atoms with E-state index in [-0.39, 0.29) is 0 Å². The number of aromatic nitrogens is 2. The molecule has 9 heteroatoms. The summed E-state index contributed by atoms with van der Waals surface area (Å²) in [5.74, 6) is 1.47. The Bertz CT molecular complexity index is 792. The molecule has 1 aromatic heterocycles. The van der Waals surface area contributed by atoms with Crippen LogP contribution in [0, 0.1) is 0 Å². The van der Waals surface area contributed by atoms with Gasteiger partial charge in [0.1, 0.15) is 0 Å². The summed E-state index contributed by atoms with van der Waals surface area (Å²) in [7, 11) is 3.28. The minimum absolute atomic E-state index is 0.609. The quantitative estimate of drug-likeness (QED) is 0.596. The van der Waals surface area contributed by atoms with E-state index in [0.29, 0.717) is 5.11 Å². The molecule has 1 saturated heterocycles. The van der Waals surface area contributed by atoms with Gasteiger partial charge in [0.15, 0.2) is 16.6 Å². The minimum atomic E-state index is 0.609. The highest BCUT2D eigenvalue weighted by molar-refractivity contribution is 7.80. The molecule has 0 bridgehead atoms. The van der Waals surface area contributed by atoms with E-state index in [9.17, 15) is 0 Å². The number of hydrogen-bond donors (Lipinski definition) is 2. The SMILES string of the molecule is COc1ccc(CCn2cc(NC(=S)NCCN3CCOCC3)cn2)cc1OC. The summed E-state index contributed by atoms with van der Waals surface area (Å²) < 4.78 is 17.9. The van der Waals surface area contributed by atoms with Crippen LogP contribution in [0.15, 0.2) is 30.6 Å². The highest BCUT2D eigenvalue weighted by Crippen LogP contribution is 2.27. The number of anilines is 1. The molecule has 2 N–H and O–H groups in total. The molecule has 8 nitrogen and oxygen atoms in total. The molecule has 0 atom stereocenters. The third kappa shape index (κ3) is 6.59. The standard InChI is InChI=1S/C20H29N5O3S/c1-26-18-4-3-16(13-19(18)27-2)5-7-25-15-17(14-22-25)23-20(29)21-6-8-24-9-11-28-12-10-24/h3-4,13-15H,5-12H2,1-2H3,(H2,21,23,29). The average Bonchev–Trinajstić information content (AvgIpc) is 3.20. The van der Waals surface area contributed by atoms with Crippen LogP contribution in [0.1, 0.15) is 5.56 Å². The van der Waals surface area contributed by atoms with Crippen LogP contribution in [0.4, 0.5) is 5.69 Å². The molecule has 0 amide bonds. The van der Waals surface area contributed by atoms with Gasteiger partial charge in [-0.2, -0.15) is 5.10 Å². The molecule has 0 spiro atoms. The second-order valence-corrected chi connectivity index (χ2v) is 7.17. The Hall–Kier alpha value is -2.36. The Labute approximate surface area is 177 Å². The third-order valence-electron chi connectivity index (χ3n) is 4.79. The molecule has 0 saturated carbocycles. The van der Waals surface area contributed by atoms with E-state index in [4.69, 9.17) is 26.4 Å². The van der Waals surface area contributed by atoms with E-state index in [0.717, 1.165) is 75.1 Å². The summed E-state index contributed by atoms with van der Waals surface area (Å²) in [6.07, 6.45) is 4.57. The fourth-order valence-electron chi connectivity index (χ4n) is 3.16. The fraction of sp³-hybridized carbons (Fsp3) is 0.500. The van der Waals surface area contributed by atoms with Crippen LogP contribution in [-0.4, -0.2) is 73.4 Å². The number of benzene rings is 1. The van der Waals surface area contributed by atoms with Crippen molar-refractivity contribution in [3.05, 3.63) is 36.2 Å². The normalized spacial score (nSPS) is 14.4. The van der Waals surface area contributed by atoms with Crippen molar-refractivity contribution in [1.82, 2.24) is 20.0 Å². The Morgan fingerprint density at radius 3 is 2.72 bits per heavy atom. The number of methoxy groups -OCH3 is 2.